The van der Waals surface area contributed by atoms with Crippen LogP contribution in [-0.2, 0) is 16.6 Å². The molecule has 1 aliphatic rings. The van der Waals surface area contributed by atoms with Gasteiger partial charge in [0.1, 0.15) is 0 Å². The Morgan fingerprint density at radius 1 is 1.38 bits per heavy atom. The van der Waals surface area contributed by atoms with Crippen molar-refractivity contribution in [2.24, 2.45) is 0 Å². The summed E-state index contributed by atoms with van der Waals surface area (Å²) in [6.07, 6.45) is -0.0318. The number of hydrogen-bond donors (Lipinski definition) is 2. The second-order valence-electron chi connectivity index (χ2n) is 6.16. The molecule has 1 unspecified atom stereocenters. The summed E-state index contributed by atoms with van der Waals surface area (Å²) >= 11 is 1.64. The quantitative estimate of drug-likeness (QED) is 0.910. The van der Waals surface area contributed by atoms with E-state index in [1.807, 2.05) is 50.4 Å². The number of nitrogens with one attached hydrogen (secondary N) is 1. The maximum Gasteiger partial charge on any atom is 0.234 e. The predicted octanol–water partition coefficient (Wildman–Crippen LogP) is 3.56. The van der Waals surface area contributed by atoms with E-state index < -0.39 is 11.5 Å². The Bertz CT molecular complexity index is 689. The highest BCUT2D eigenvalue weighted by molar-refractivity contribution is 7.09. The zero-order valence-corrected chi connectivity index (χ0v) is 13.3. The molecule has 1 aromatic heterocycles. The van der Waals surface area contributed by atoms with Gasteiger partial charge in [-0.25, -0.2) is 0 Å². The van der Waals surface area contributed by atoms with Crippen molar-refractivity contribution >= 4 is 22.9 Å². The van der Waals surface area contributed by atoms with E-state index in [9.17, 15) is 9.90 Å². The Balaban J connectivity index is 2.03. The molecule has 0 bridgehead atoms. The number of rotatable bonds is 3. The van der Waals surface area contributed by atoms with Gasteiger partial charge in [0.25, 0.3) is 0 Å². The van der Waals surface area contributed by atoms with Gasteiger partial charge in [-0.1, -0.05) is 23.8 Å². The third-order valence-corrected chi connectivity index (χ3v) is 5.03. The van der Waals surface area contributed by atoms with Gasteiger partial charge in [0, 0.05) is 16.9 Å². The number of aliphatic hydroxyl groups is 1. The van der Waals surface area contributed by atoms with Gasteiger partial charge in [0.2, 0.25) is 5.91 Å². The lowest BCUT2D eigenvalue weighted by Gasteiger charge is -2.18. The Morgan fingerprint density at radius 3 is 2.81 bits per heavy atom. The molecule has 0 fully saturated rings. The highest BCUT2D eigenvalue weighted by Gasteiger charge is 2.40. The van der Waals surface area contributed by atoms with Crippen molar-refractivity contribution < 1.29 is 9.90 Å². The lowest BCUT2D eigenvalue weighted by Crippen LogP contribution is -2.26. The number of aryl methyl sites for hydroxylation is 1. The molecule has 1 aliphatic heterocycles. The standard InChI is InChI=1S/C17H19NO2S/c1-10-7-12(14(19)9-11-5-4-6-21-11)15-13(8-10)17(2,3)16(20)18-15/h4-8,14,19H,9H2,1-3H3,(H,18,20). The van der Waals surface area contributed by atoms with Crippen LogP contribution in [-0.4, -0.2) is 11.0 Å². The van der Waals surface area contributed by atoms with Gasteiger partial charge >= 0.3 is 0 Å². The molecule has 0 saturated carbocycles. The minimum Gasteiger partial charge on any atom is -0.388 e. The number of amides is 1. The second kappa shape index (κ2) is 4.97. The highest BCUT2D eigenvalue weighted by Crippen LogP contribution is 2.42. The largest absolute Gasteiger partial charge is 0.388 e. The maximum atomic E-state index is 12.2. The highest BCUT2D eigenvalue weighted by atomic mass is 32.1. The Hall–Kier alpha value is -1.65. The zero-order valence-electron chi connectivity index (χ0n) is 12.4. The van der Waals surface area contributed by atoms with E-state index in [1.165, 1.54) is 0 Å². The molecule has 2 N–H and O–H groups in total. The van der Waals surface area contributed by atoms with Crippen LogP contribution >= 0.6 is 11.3 Å². The fourth-order valence-corrected chi connectivity index (χ4v) is 3.57. The van der Waals surface area contributed by atoms with Gasteiger partial charge in [-0.15, -0.1) is 11.3 Å². The first kappa shape index (κ1) is 14.3. The molecule has 0 aliphatic carbocycles. The summed E-state index contributed by atoms with van der Waals surface area (Å²) < 4.78 is 0. The molecule has 3 nitrogen and oxygen atoms in total. The monoisotopic (exact) mass is 301 g/mol. The second-order valence-corrected chi connectivity index (χ2v) is 7.19. The summed E-state index contributed by atoms with van der Waals surface area (Å²) in [5.74, 6) is -0.00678. The molecule has 4 heteroatoms. The van der Waals surface area contributed by atoms with Crippen molar-refractivity contribution in [3.63, 3.8) is 0 Å². The number of hydrogen-bond acceptors (Lipinski definition) is 3. The van der Waals surface area contributed by atoms with Crippen molar-refractivity contribution in [1.29, 1.82) is 0 Å². The van der Waals surface area contributed by atoms with Crippen LogP contribution in [0.4, 0.5) is 5.69 Å². The van der Waals surface area contributed by atoms with Gasteiger partial charge in [-0.05, 0) is 37.8 Å². The summed E-state index contributed by atoms with van der Waals surface area (Å²) in [7, 11) is 0. The molecule has 0 spiro atoms. The zero-order chi connectivity index (χ0) is 15.2. The van der Waals surface area contributed by atoms with Gasteiger partial charge in [-0.2, -0.15) is 0 Å². The number of carbonyl (C=O) groups is 1. The molecular formula is C17H19NO2S. The summed E-state index contributed by atoms with van der Waals surface area (Å²) in [4.78, 5) is 13.3. The van der Waals surface area contributed by atoms with E-state index in [2.05, 4.69) is 5.32 Å². The third-order valence-electron chi connectivity index (χ3n) is 4.13. The minimum absolute atomic E-state index is 0.00678. The average Bonchev–Trinajstić information content (AvgIpc) is 2.99. The van der Waals surface area contributed by atoms with Gasteiger partial charge in [-0.3, -0.25) is 4.79 Å². The smallest absolute Gasteiger partial charge is 0.234 e. The van der Waals surface area contributed by atoms with Gasteiger partial charge in [0.15, 0.2) is 0 Å². The summed E-state index contributed by atoms with van der Waals surface area (Å²) in [5, 5.41) is 15.5. The summed E-state index contributed by atoms with van der Waals surface area (Å²) in [6, 6.07) is 8.01. The van der Waals surface area contributed by atoms with Gasteiger partial charge in [0.05, 0.1) is 17.2 Å². The molecule has 110 valence electrons. The number of fused-ring (bicyclic) bond motifs is 1. The van der Waals surface area contributed by atoms with Crippen LogP contribution in [0, 0.1) is 6.92 Å². The number of carbonyl (C=O) groups excluding carboxylic acids is 1. The maximum absolute atomic E-state index is 12.2. The van der Waals surface area contributed by atoms with Crippen LogP contribution in [0.3, 0.4) is 0 Å². The van der Waals surface area contributed by atoms with Crippen molar-refractivity contribution in [2.45, 2.75) is 38.7 Å². The van der Waals surface area contributed by atoms with E-state index in [0.29, 0.717) is 6.42 Å². The Kier molecular flexibility index (Phi) is 3.38. The van der Waals surface area contributed by atoms with E-state index in [1.54, 1.807) is 11.3 Å². The van der Waals surface area contributed by atoms with Crippen molar-refractivity contribution in [1.82, 2.24) is 0 Å². The topological polar surface area (TPSA) is 49.3 Å². The molecule has 2 aromatic rings. The predicted molar refractivity (Wildman–Crippen MR) is 85.8 cm³/mol. The van der Waals surface area contributed by atoms with Crippen LogP contribution in [0.2, 0.25) is 0 Å². The molecule has 0 saturated heterocycles. The van der Waals surface area contributed by atoms with Crippen molar-refractivity contribution in [3.05, 3.63) is 51.2 Å². The van der Waals surface area contributed by atoms with E-state index in [0.717, 1.165) is 27.3 Å². The molecule has 3 rings (SSSR count). The van der Waals surface area contributed by atoms with Crippen LogP contribution < -0.4 is 5.32 Å². The normalized spacial score (nSPS) is 17.4. The lowest BCUT2D eigenvalue weighted by molar-refractivity contribution is -0.119. The fourth-order valence-electron chi connectivity index (χ4n) is 2.83. The number of benzene rings is 1. The van der Waals surface area contributed by atoms with Crippen molar-refractivity contribution in [2.75, 3.05) is 5.32 Å². The van der Waals surface area contributed by atoms with E-state index in [-0.39, 0.29) is 5.91 Å². The van der Waals surface area contributed by atoms with E-state index in [4.69, 9.17) is 0 Å². The molecule has 0 radical (unpaired) electrons. The molecule has 2 heterocycles. The van der Waals surface area contributed by atoms with E-state index >= 15 is 0 Å². The minimum atomic E-state index is -0.605. The molecule has 1 aromatic carbocycles. The molecule has 1 atom stereocenters. The SMILES string of the molecule is Cc1cc(C(O)Cc2cccs2)c2c(c1)C(C)(C)C(=O)N2. The lowest BCUT2D eigenvalue weighted by atomic mass is 9.84. The first-order chi connectivity index (χ1) is 9.89. The first-order valence-corrected chi connectivity index (χ1v) is 7.94. The fraction of sp³-hybridized carbons (Fsp3) is 0.353. The summed E-state index contributed by atoms with van der Waals surface area (Å²) in [5.41, 5.74) is 3.11. The van der Waals surface area contributed by atoms with Crippen LogP contribution in [0.5, 0.6) is 0 Å². The molecule has 21 heavy (non-hydrogen) atoms. The Morgan fingerprint density at radius 2 is 2.14 bits per heavy atom. The third kappa shape index (κ3) is 2.39. The summed E-state index contributed by atoms with van der Waals surface area (Å²) in [6.45, 7) is 5.84. The number of anilines is 1. The van der Waals surface area contributed by atoms with Crippen LogP contribution in [0.15, 0.2) is 29.6 Å². The first-order valence-electron chi connectivity index (χ1n) is 7.06. The molecule has 1 amide bonds. The number of aliphatic hydroxyl groups excluding tert-OH is 1. The van der Waals surface area contributed by atoms with Gasteiger partial charge < -0.3 is 10.4 Å². The molecular weight excluding hydrogens is 282 g/mol. The Labute approximate surface area is 128 Å². The number of thiophene rings is 1. The van der Waals surface area contributed by atoms with Crippen molar-refractivity contribution in [3.8, 4) is 0 Å². The average molecular weight is 301 g/mol. The van der Waals surface area contributed by atoms with Crippen LogP contribution in [0.1, 0.15) is 41.5 Å². The van der Waals surface area contributed by atoms with Crippen LogP contribution in [0.25, 0.3) is 0 Å².